The molecular formula is C12H18N5O5P. The number of nitrogens with zero attached hydrogens (tertiary/aromatic N) is 4. The van der Waals surface area contributed by atoms with Gasteiger partial charge in [-0.05, 0) is 19.8 Å². The molecule has 1 unspecified atom stereocenters. The van der Waals surface area contributed by atoms with Crippen molar-refractivity contribution in [3.05, 3.63) is 6.33 Å². The Morgan fingerprint density at radius 3 is 2.83 bits per heavy atom. The summed E-state index contributed by atoms with van der Waals surface area (Å²) in [6.45, 7) is 3.70. The van der Waals surface area contributed by atoms with Crippen LogP contribution in [0.15, 0.2) is 6.33 Å². The van der Waals surface area contributed by atoms with Gasteiger partial charge in [0, 0.05) is 6.66 Å². The summed E-state index contributed by atoms with van der Waals surface area (Å²) < 4.78 is 23.0. The van der Waals surface area contributed by atoms with Gasteiger partial charge in [-0.2, -0.15) is 9.97 Å². The third-order valence-electron chi connectivity index (χ3n) is 3.35. The summed E-state index contributed by atoms with van der Waals surface area (Å²) in [6.07, 6.45) is 2.98. The van der Waals surface area contributed by atoms with E-state index >= 15 is 0 Å². The first-order valence-corrected chi connectivity index (χ1v) is 9.13. The van der Waals surface area contributed by atoms with Crippen LogP contribution in [0.25, 0.3) is 11.2 Å². The molecule has 0 bridgehead atoms. The van der Waals surface area contributed by atoms with Gasteiger partial charge >= 0.3 is 7.60 Å². The molecule has 10 nitrogen and oxygen atoms in total. The normalized spacial score (nSPS) is 18.7. The zero-order valence-electron chi connectivity index (χ0n) is 12.8. The molecule has 2 heterocycles. The lowest BCUT2D eigenvalue weighted by molar-refractivity contribution is -0.265. The predicted octanol–water partition coefficient (Wildman–Crippen LogP) is 1.10. The zero-order chi connectivity index (χ0) is 16.7. The minimum Gasteiger partial charge on any atom is -0.476 e. The summed E-state index contributed by atoms with van der Waals surface area (Å²) in [4.78, 5) is 26.8. The van der Waals surface area contributed by atoms with Crippen LogP contribution < -0.4 is 10.5 Å². The third kappa shape index (κ3) is 3.61. The van der Waals surface area contributed by atoms with E-state index in [-0.39, 0.29) is 5.95 Å². The van der Waals surface area contributed by atoms with Crippen molar-refractivity contribution in [2.24, 2.45) is 0 Å². The Kier molecular flexibility index (Phi) is 4.01. The molecule has 11 heteroatoms. The van der Waals surface area contributed by atoms with E-state index in [9.17, 15) is 9.46 Å². The topological polar surface area (TPSA) is 135 Å². The van der Waals surface area contributed by atoms with Crippen LogP contribution in [0.3, 0.4) is 0 Å². The summed E-state index contributed by atoms with van der Waals surface area (Å²) in [5, 5.41) is 0. The fraction of sp³-hybridized carbons (Fsp3) is 0.583. The number of hydrogen-bond donors (Lipinski definition) is 2. The van der Waals surface area contributed by atoms with Crippen LogP contribution in [-0.2, 0) is 20.7 Å². The highest BCUT2D eigenvalue weighted by Gasteiger charge is 2.47. The van der Waals surface area contributed by atoms with Gasteiger partial charge in [0.1, 0.15) is 5.60 Å². The first-order chi connectivity index (χ1) is 10.8. The predicted molar refractivity (Wildman–Crippen MR) is 80.8 cm³/mol. The summed E-state index contributed by atoms with van der Waals surface area (Å²) in [6, 6.07) is 0. The molecule has 0 aromatic carbocycles. The van der Waals surface area contributed by atoms with Crippen molar-refractivity contribution in [2.75, 3.05) is 19.0 Å². The van der Waals surface area contributed by atoms with E-state index in [1.165, 1.54) is 0 Å². The molecule has 23 heavy (non-hydrogen) atoms. The Balaban J connectivity index is 1.85. The van der Waals surface area contributed by atoms with Crippen LogP contribution in [0.5, 0.6) is 5.88 Å². The fourth-order valence-electron chi connectivity index (χ4n) is 2.15. The lowest BCUT2D eigenvalue weighted by Gasteiger charge is -2.16. The van der Waals surface area contributed by atoms with Gasteiger partial charge in [-0.3, -0.25) is 4.57 Å². The largest absolute Gasteiger partial charge is 0.476 e. The molecule has 0 amide bonds. The van der Waals surface area contributed by atoms with Crippen LogP contribution in [-0.4, -0.2) is 43.3 Å². The molecule has 3 N–H and O–H groups in total. The third-order valence-corrected chi connectivity index (χ3v) is 3.70. The molecular weight excluding hydrogens is 325 g/mol. The number of nitrogen functional groups attached to an aromatic ring is 1. The highest BCUT2D eigenvalue weighted by Crippen LogP contribution is 2.47. The highest BCUT2D eigenvalue weighted by atomic mass is 31.2. The molecule has 0 spiro atoms. The Bertz CT molecular complexity index is 769. The van der Waals surface area contributed by atoms with E-state index in [0.29, 0.717) is 43.0 Å². The van der Waals surface area contributed by atoms with Gasteiger partial charge in [-0.25, -0.2) is 9.87 Å². The SMILES string of the molecule is CCOc1nc(N)nc2c1ncn2CC1(OOP(C)(=O)O)CC1. The van der Waals surface area contributed by atoms with Gasteiger partial charge in [0.25, 0.3) is 0 Å². The average Bonchev–Trinajstić information content (AvgIpc) is 3.11. The number of imidazole rings is 1. The number of aromatic nitrogens is 4. The van der Waals surface area contributed by atoms with E-state index < -0.39 is 13.2 Å². The minimum atomic E-state index is -3.70. The average molecular weight is 343 g/mol. The van der Waals surface area contributed by atoms with Crippen LogP contribution in [0.4, 0.5) is 5.95 Å². The maximum atomic E-state index is 11.2. The van der Waals surface area contributed by atoms with E-state index in [2.05, 4.69) is 19.6 Å². The molecule has 3 rings (SSSR count). The summed E-state index contributed by atoms with van der Waals surface area (Å²) >= 11 is 0. The van der Waals surface area contributed by atoms with E-state index in [4.69, 9.17) is 15.4 Å². The second kappa shape index (κ2) is 5.72. The fourth-order valence-corrected chi connectivity index (χ4v) is 2.45. The highest BCUT2D eigenvalue weighted by molar-refractivity contribution is 7.51. The molecule has 0 radical (unpaired) electrons. The number of anilines is 1. The van der Waals surface area contributed by atoms with Crippen LogP contribution >= 0.6 is 7.60 Å². The molecule has 1 fully saturated rings. The van der Waals surface area contributed by atoms with Gasteiger partial charge in [-0.1, -0.05) is 0 Å². The van der Waals surface area contributed by atoms with Crippen molar-refractivity contribution in [3.8, 4) is 5.88 Å². The lowest BCUT2D eigenvalue weighted by atomic mass is 10.3. The Labute approximate surface area is 132 Å². The Hall–Kier alpha value is -1.74. The number of hydrogen-bond acceptors (Lipinski definition) is 8. The smallest absolute Gasteiger partial charge is 0.352 e. The van der Waals surface area contributed by atoms with Crippen molar-refractivity contribution in [1.29, 1.82) is 0 Å². The van der Waals surface area contributed by atoms with Crippen LogP contribution in [0.1, 0.15) is 19.8 Å². The van der Waals surface area contributed by atoms with Gasteiger partial charge in [0.2, 0.25) is 11.8 Å². The quantitative estimate of drug-likeness (QED) is 0.430. The van der Waals surface area contributed by atoms with Crippen molar-refractivity contribution in [3.63, 3.8) is 0 Å². The molecule has 1 atom stereocenters. The van der Waals surface area contributed by atoms with Gasteiger partial charge in [0.15, 0.2) is 11.2 Å². The molecule has 1 saturated carbocycles. The molecule has 2 aromatic heterocycles. The van der Waals surface area contributed by atoms with Gasteiger partial charge < -0.3 is 19.9 Å². The lowest BCUT2D eigenvalue weighted by Crippen LogP contribution is -2.21. The first-order valence-electron chi connectivity index (χ1n) is 7.11. The molecule has 1 aliphatic carbocycles. The zero-order valence-corrected chi connectivity index (χ0v) is 13.7. The van der Waals surface area contributed by atoms with E-state index in [0.717, 1.165) is 6.66 Å². The van der Waals surface area contributed by atoms with E-state index in [1.54, 1.807) is 10.9 Å². The van der Waals surface area contributed by atoms with Crippen molar-refractivity contribution in [2.45, 2.75) is 31.9 Å². The molecule has 1 aliphatic rings. The molecule has 2 aromatic rings. The maximum absolute atomic E-state index is 11.2. The summed E-state index contributed by atoms with van der Waals surface area (Å²) in [5.74, 6) is 0.405. The number of nitrogens with two attached hydrogens (primary N) is 1. The Morgan fingerprint density at radius 2 is 2.22 bits per heavy atom. The monoisotopic (exact) mass is 343 g/mol. The summed E-state index contributed by atoms with van der Waals surface area (Å²) in [7, 11) is -3.70. The van der Waals surface area contributed by atoms with Gasteiger partial charge in [0.05, 0.1) is 19.5 Å². The first kappa shape index (κ1) is 16.1. The van der Waals surface area contributed by atoms with Gasteiger partial charge in [-0.15, -0.1) is 4.67 Å². The van der Waals surface area contributed by atoms with Crippen molar-refractivity contribution >= 4 is 24.7 Å². The number of fused-ring (bicyclic) bond motifs is 1. The number of rotatable bonds is 7. The maximum Gasteiger partial charge on any atom is 0.352 e. The molecule has 126 valence electrons. The minimum absolute atomic E-state index is 0.0816. The Morgan fingerprint density at radius 1 is 1.48 bits per heavy atom. The van der Waals surface area contributed by atoms with Crippen LogP contribution in [0.2, 0.25) is 0 Å². The second-order valence-corrected chi connectivity index (χ2v) is 7.26. The van der Waals surface area contributed by atoms with Crippen molar-refractivity contribution < 1.29 is 23.8 Å². The standard InChI is InChI=1S/C12H18N5O5P/c1-3-20-10-8-9(15-11(13)16-10)17(7-14-8)6-12(4-5-12)21-22-23(2,18)19/h7H,3-6H2,1-2H3,(H,18,19)(H2,13,15,16). The second-order valence-electron chi connectivity index (χ2n) is 5.51. The van der Waals surface area contributed by atoms with Crippen molar-refractivity contribution in [1.82, 2.24) is 19.5 Å². The number of ether oxygens (including phenoxy) is 1. The van der Waals surface area contributed by atoms with E-state index in [1.807, 2.05) is 6.92 Å². The molecule has 0 saturated heterocycles. The summed E-state index contributed by atoms with van der Waals surface area (Å²) in [5.41, 5.74) is 6.06. The van der Waals surface area contributed by atoms with Crippen LogP contribution in [0, 0.1) is 0 Å². The molecule has 0 aliphatic heterocycles.